The molecule has 102 valence electrons. The highest BCUT2D eigenvalue weighted by Crippen LogP contribution is 2.34. The number of hydrogen-bond acceptors (Lipinski definition) is 5. The number of fused-ring (bicyclic) bond motifs is 1. The number of rotatable bonds is 2. The Morgan fingerprint density at radius 2 is 2.32 bits per heavy atom. The van der Waals surface area contributed by atoms with Gasteiger partial charge in [-0.3, -0.25) is 0 Å². The van der Waals surface area contributed by atoms with Crippen molar-refractivity contribution >= 4 is 16.9 Å². The van der Waals surface area contributed by atoms with Crippen LogP contribution in [0.4, 0.5) is 14.6 Å². The van der Waals surface area contributed by atoms with E-state index in [2.05, 4.69) is 9.97 Å². The van der Waals surface area contributed by atoms with Crippen LogP contribution in [-0.2, 0) is 4.74 Å². The predicted molar refractivity (Wildman–Crippen MR) is 62.4 cm³/mol. The quantitative estimate of drug-likeness (QED) is 0.841. The Morgan fingerprint density at radius 3 is 3.00 bits per heavy atom. The molecule has 19 heavy (non-hydrogen) atoms. The van der Waals surface area contributed by atoms with Gasteiger partial charge in [-0.05, 0) is 0 Å². The van der Waals surface area contributed by atoms with Crippen LogP contribution in [0, 0.1) is 5.82 Å². The number of ether oxygens (including phenoxy) is 1. The second-order valence-corrected chi connectivity index (χ2v) is 4.41. The van der Waals surface area contributed by atoms with Crippen LogP contribution >= 0.6 is 0 Å². The number of nitrogens with two attached hydrogens (primary N) is 1. The van der Waals surface area contributed by atoms with Crippen molar-refractivity contribution in [2.45, 2.75) is 24.9 Å². The third-order valence-electron chi connectivity index (χ3n) is 3.24. The molecule has 2 unspecified atom stereocenters. The molecule has 2 aromatic rings. The van der Waals surface area contributed by atoms with E-state index in [1.54, 1.807) is 0 Å². The number of anilines is 1. The van der Waals surface area contributed by atoms with E-state index in [1.807, 2.05) is 0 Å². The zero-order valence-corrected chi connectivity index (χ0v) is 9.83. The lowest BCUT2D eigenvalue weighted by Crippen LogP contribution is -2.21. The SMILES string of the molecule is Nc1ncnc2c1c(F)cn2C1CC(F)[C@@H](CO)O1. The Morgan fingerprint density at radius 1 is 1.53 bits per heavy atom. The van der Waals surface area contributed by atoms with Crippen LogP contribution in [-0.4, -0.2) is 38.5 Å². The van der Waals surface area contributed by atoms with Gasteiger partial charge in [0.15, 0.2) is 11.5 Å². The molecule has 1 saturated heterocycles. The average Bonchev–Trinajstić information content (AvgIpc) is 2.91. The van der Waals surface area contributed by atoms with Crippen LogP contribution in [0.5, 0.6) is 0 Å². The number of nitrogen functional groups attached to an aromatic ring is 1. The highest BCUT2D eigenvalue weighted by atomic mass is 19.1. The highest BCUT2D eigenvalue weighted by Gasteiger charge is 2.37. The molecule has 3 rings (SSSR count). The molecule has 3 atom stereocenters. The van der Waals surface area contributed by atoms with Crippen LogP contribution in [0.2, 0.25) is 0 Å². The van der Waals surface area contributed by atoms with E-state index in [0.29, 0.717) is 0 Å². The number of aromatic nitrogens is 3. The van der Waals surface area contributed by atoms with Gasteiger partial charge in [-0.2, -0.15) is 0 Å². The first-order valence-electron chi connectivity index (χ1n) is 5.78. The van der Waals surface area contributed by atoms with E-state index < -0.39 is 30.9 Å². The normalized spacial score (nSPS) is 27.2. The standard InChI is InChI=1S/C11H12F2N4O2/c12-5-1-8(19-7(5)3-18)17-2-6(13)9-10(14)15-4-16-11(9)17/h2,4-5,7-8,18H,1,3H2,(H2,14,15,16)/t5?,7-,8?/m1/s1. The Kier molecular flexibility index (Phi) is 2.83. The summed E-state index contributed by atoms with van der Waals surface area (Å²) in [6.45, 7) is -0.420. The van der Waals surface area contributed by atoms with Crippen LogP contribution in [0.25, 0.3) is 11.0 Å². The number of alkyl halides is 1. The minimum absolute atomic E-state index is 0.0229. The predicted octanol–water partition coefficient (Wildman–Crippen LogP) is 0.770. The number of hydrogen-bond donors (Lipinski definition) is 2. The molecule has 0 spiro atoms. The smallest absolute Gasteiger partial charge is 0.154 e. The maximum absolute atomic E-state index is 13.8. The van der Waals surface area contributed by atoms with Crippen molar-refractivity contribution in [3.8, 4) is 0 Å². The maximum atomic E-state index is 13.8. The topological polar surface area (TPSA) is 86.2 Å². The Hall–Kier alpha value is -1.80. The molecule has 0 bridgehead atoms. The Labute approximate surface area is 106 Å². The summed E-state index contributed by atoms with van der Waals surface area (Å²) in [5.41, 5.74) is 5.84. The second-order valence-electron chi connectivity index (χ2n) is 4.41. The van der Waals surface area contributed by atoms with E-state index in [9.17, 15) is 8.78 Å². The van der Waals surface area contributed by atoms with Crippen molar-refractivity contribution in [2.24, 2.45) is 0 Å². The highest BCUT2D eigenvalue weighted by molar-refractivity contribution is 5.86. The van der Waals surface area contributed by atoms with Gasteiger partial charge in [-0.15, -0.1) is 0 Å². The Bertz CT molecular complexity index is 618. The number of nitrogens with zero attached hydrogens (tertiary/aromatic N) is 3. The van der Waals surface area contributed by atoms with Gasteiger partial charge >= 0.3 is 0 Å². The van der Waals surface area contributed by atoms with E-state index >= 15 is 0 Å². The minimum atomic E-state index is -1.30. The van der Waals surface area contributed by atoms with Gasteiger partial charge < -0.3 is 20.1 Å². The summed E-state index contributed by atoms with van der Waals surface area (Å²) in [5.74, 6) is -0.561. The first kappa shape index (κ1) is 12.2. The molecule has 0 saturated carbocycles. The molecule has 1 aliphatic rings. The minimum Gasteiger partial charge on any atom is -0.394 e. The molecule has 8 heteroatoms. The first-order valence-corrected chi connectivity index (χ1v) is 5.78. The van der Waals surface area contributed by atoms with E-state index in [-0.39, 0.29) is 23.3 Å². The van der Waals surface area contributed by atoms with Gasteiger partial charge in [-0.25, -0.2) is 18.7 Å². The van der Waals surface area contributed by atoms with Gasteiger partial charge in [0.05, 0.1) is 12.0 Å². The van der Waals surface area contributed by atoms with E-state index in [1.165, 1.54) is 10.9 Å². The van der Waals surface area contributed by atoms with Crippen LogP contribution in [0.3, 0.4) is 0 Å². The second kappa shape index (κ2) is 4.39. The van der Waals surface area contributed by atoms with Crippen molar-refractivity contribution in [1.29, 1.82) is 0 Å². The van der Waals surface area contributed by atoms with Crippen LogP contribution < -0.4 is 5.73 Å². The fourth-order valence-electron chi connectivity index (χ4n) is 2.31. The van der Waals surface area contributed by atoms with Crippen LogP contribution in [0.15, 0.2) is 12.5 Å². The monoisotopic (exact) mass is 270 g/mol. The van der Waals surface area contributed by atoms with Gasteiger partial charge in [0.25, 0.3) is 0 Å². The number of aliphatic hydroxyl groups is 1. The lowest BCUT2D eigenvalue weighted by atomic mass is 10.2. The lowest BCUT2D eigenvalue weighted by molar-refractivity contribution is -0.0322. The zero-order chi connectivity index (χ0) is 13.6. The molecule has 2 aromatic heterocycles. The summed E-state index contributed by atoms with van der Waals surface area (Å²) in [7, 11) is 0. The number of aliphatic hydroxyl groups excluding tert-OH is 1. The zero-order valence-electron chi connectivity index (χ0n) is 9.83. The fraction of sp³-hybridized carbons (Fsp3) is 0.455. The van der Waals surface area contributed by atoms with Gasteiger partial charge in [0.2, 0.25) is 0 Å². The molecule has 1 fully saturated rings. The van der Waals surface area contributed by atoms with Crippen molar-refractivity contribution in [3.05, 3.63) is 18.3 Å². The third-order valence-corrected chi connectivity index (χ3v) is 3.24. The van der Waals surface area contributed by atoms with Crippen molar-refractivity contribution in [3.63, 3.8) is 0 Å². The molecule has 3 heterocycles. The summed E-state index contributed by atoms with van der Waals surface area (Å²) in [4.78, 5) is 7.66. The molecular weight excluding hydrogens is 258 g/mol. The first-order chi connectivity index (χ1) is 9.11. The third kappa shape index (κ3) is 1.83. The molecule has 0 amide bonds. The molecule has 0 radical (unpaired) electrons. The summed E-state index contributed by atoms with van der Waals surface area (Å²) in [6.07, 6.45) is -0.516. The van der Waals surface area contributed by atoms with Crippen LogP contribution in [0.1, 0.15) is 12.6 Å². The molecule has 0 aliphatic carbocycles. The molecular formula is C11H12F2N4O2. The largest absolute Gasteiger partial charge is 0.394 e. The van der Waals surface area contributed by atoms with Crippen molar-refractivity contribution in [2.75, 3.05) is 12.3 Å². The van der Waals surface area contributed by atoms with Gasteiger partial charge in [0, 0.05) is 12.6 Å². The molecule has 3 N–H and O–H groups in total. The summed E-state index contributed by atoms with van der Waals surface area (Å²) < 4.78 is 34.1. The molecule has 0 aromatic carbocycles. The average molecular weight is 270 g/mol. The lowest BCUT2D eigenvalue weighted by Gasteiger charge is -2.13. The summed E-state index contributed by atoms with van der Waals surface area (Å²) in [5, 5.41) is 9.06. The van der Waals surface area contributed by atoms with Crippen molar-refractivity contribution < 1.29 is 18.6 Å². The summed E-state index contributed by atoms with van der Waals surface area (Å²) in [6, 6.07) is 0. The van der Waals surface area contributed by atoms with Gasteiger partial charge in [-0.1, -0.05) is 0 Å². The van der Waals surface area contributed by atoms with Gasteiger partial charge in [0.1, 0.15) is 30.6 Å². The summed E-state index contributed by atoms with van der Waals surface area (Å²) >= 11 is 0. The van der Waals surface area contributed by atoms with E-state index in [4.69, 9.17) is 15.6 Å². The maximum Gasteiger partial charge on any atom is 0.154 e. The van der Waals surface area contributed by atoms with Crippen molar-refractivity contribution in [1.82, 2.24) is 14.5 Å². The number of halogens is 2. The Balaban J connectivity index is 2.05. The van der Waals surface area contributed by atoms with E-state index in [0.717, 1.165) is 6.20 Å². The molecule has 6 nitrogen and oxygen atoms in total. The molecule has 1 aliphatic heterocycles. The fourth-order valence-corrected chi connectivity index (χ4v) is 2.31.